The Kier molecular flexibility index (Phi) is 6.51. The molecule has 1 aromatic carbocycles. The molecule has 6 nitrogen and oxygen atoms in total. The predicted molar refractivity (Wildman–Crippen MR) is 106 cm³/mol. The lowest BCUT2D eigenvalue weighted by molar-refractivity contribution is 0.0600. The number of methoxy groups -OCH3 is 1. The van der Waals surface area contributed by atoms with Crippen LogP contribution in [-0.4, -0.2) is 29.8 Å². The number of hydrogen-bond acceptors (Lipinski definition) is 7. The summed E-state index contributed by atoms with van der Waals surface area (Å²) < 4.78 is 10.2. The van der Waals surface area contributed by atoms with Crippen LogP contribution < -0.4 is 5.73 Å². The lowest BCUT2D eigenvalue weighted by atomic mass is 10.0. The van der Waals surface area contributed by atoms with Crippen molar-refractivity contribution in [3.05, 3.63) is 58.8 Å². The summed E-state index contributed by atoms with van der Waals surface area (Å²) in [5.74, 6) is 0.740. The second-order valence-electron chi connectivity index (χ2n) is 5.93. The van der Waals surface area contributed by atoms with E-state index in [-0.39, 0.29) is 5.97 Å². The van der Waals surface area contributed by atoms with Gasteiger partial charge in [0.2, 0.25) is 5.82 Å². The SMILES string of the molecule is COC(=O)c1ccc(/C=C(\CCCCN)c2nc(-c3cccs3)no2)cc1. The highest BCUT2D eigenvalue weighted by Gasteiger charge is 2.14. The number of esters is 1. The zero-order valence-corrected chi connectivity index (χ0v) is 15.9. The fourth-order valence-electron chi connectivity index (χ4n) is 2.59. The van der Waals surface area contributed by atoms with Crippen LogP contribution in [0.5, 0.6) is 0 Å². The third kappa shape index (κ3) is 4.90. The van der Waals surface area contributed by atoms with E-state index in [4.69, 9.17) is 15.0 Å². The first-order valence-corrected chi connectivity index (χ1v) is 9.56. The Morgan fingerprint density at radius 2 is 2.07 bits per heavy atom. The molecule has 3 aromatic rings. The number of nitrogens with two attached hydrogens (primary N) is 1. The van der Waals surface area contributed by atoms with Gasteiger partial charge in [0.25, 0.3) is 5.89 Å². The standard InChI is InChI=1S/C20H21N3O3S/c1-25-20(24)15-9-7-14(8-10-15)13-16(5-2-3-11-21)19-22-18(23-26-19)17-6-4-12-27-17/h4,6-10,12-13H,2-3,5,11,21H2,1H3/b16-13+. The van der Waals surface area contributed by atoms with Crippen molar-refractivity contribution in [2.24, 2.45) is 5.73 Å². The van der Waals surface area contributed by atoms with E-state index < -0.39 is 0 Å². The van der Waals surface area contributed by atoms with Gasteiger partial charge in [0.15, 0.2) is 0 Å². The van der Waals surface area contributed by atoms with Crippen LogP contribution in [0.15, 0.2) is 46.3 Å². The molecule has 0 aliphatic heterocycles. The van der Waals surface area contributed by atoms with Gasteiger partial charge in [-0.15, -0.1) is 11.3 Å². The molecule has 0 atom stereocenters. The van der Waals surface area contributed by atoms with Crippen LogP contribution in [0.25, 0.3) is 22.4 Å². The second-order valence-corrected chi connectivity index (χ2v) is 6.88. The van der Waals surface area contributed by atoms with E-state index in [0.717, 1.165) is 35.3 Å². The number of unbranched alkanes of at least 4 members (excludes halogenated alkanes) is 1. The molecule has 0 spiro atoms. The summed E-state index contributed by atoms with van der Waals surface area (Å²) >= 11 is 1.57. The lowest BCUT2D eigenvalue weighted by Crippen LogP contribution is -2.00. The van der Waals surface area contributed by atoms with E-state index in [0.29, 0.717) is 23.8 Å². The van der Waals surface area contributed by atoms with E-state index in [1.807, 2.05) is 35.7 Å². The van der Waals surface area contributed by atoms with Gasteiger partial charge in [-0.2, -0.15) is 4.98 Å². The summed E-state index contributed by atoms with van der Waals surface area (Å²) in [4.78, 5) is 17.1. The van der Waals surface area contributed by atoms with Crippen molar-refractivity contribution in [2.45, 2.75) is 19.3 Å². The molecule has 0 saturated carbocycles. The minimum atomic E-state index is -0.355. The van der Waals surface area contributed by atoms with Gasteiger partial charge in [0.1, 0.15) is 0 Å². The van der Waals surface area contributed by atoms with Crippen molar-refractivity contribution >= 4 is 29.0 Å². The number of benzene rings is 1. The van der Waals surface area contributed by atoms with E-state index in [9.17, 15) is 4.79 Å². The fraction of sp³-hybridized carbons (Fsp3) is 0.250. The molecule has 0 radical (unpaired) electrons. The molecule has 140 valence electrons. The first-order valence-electron chi connectivity index (χ1n) is 8.68. The summed E-state index contributed by atoms with van der Waals surface area (Å²) in [6.07, 6.45) is 4.63. The number of hydrogen-bond donors (Lipinski definition) is 1. The van der Waals surface area contributed by atoms with Crippen molar-refractivity contribution in [1.82, 2.24) is 10.1 Å². The van der Waals surface area contributed by atoms with Gasteiger partial charge in [-0.1, -0.05) is 23.4 Å². The van der Waals surface area contributed by atoms with Gasteiger partial charge >= 0.3 is 5.97 Å². The van der Waals surface area contributed by atoms with E-state index in [1.165, 1.54) is 7.11 Å². The highest BCUT2D eigenvalue weighted by atomic mass is 32.1. The van der Waals surface area contributed by atoms with Crippen LogP contribution in [0, 0.1) is 0 Å². The van der Waals surface area contributed by atoms with Gasteiger partial charge in [0.05, 0.1) is 17.6 Å². The summed E-state index contributed by atoms with van der Waals surface area (Å²) in [6, 6.07) is 11.1. The normalized spacial score (nSPS) is 11.6. The van der Waals surface area contributed by atoms with E-state index in [2.05, 4.69) is 10.1 Å². The number of aromatic nitrogens is 2. The Hall–Kier alpha value is -2.77. The number of thiophene rings is 1. The van der Waals surface area contributed by atoms with Crippen molar-refractivity contribution in [2.75, 3.05) is 13.7 Å². The molecule has 27 heavy (non-hydrogen) atoms. The monoisotopic (exact) mass is 383 g/mol. The Bertz CT molecular complexity index is 899. The smallest absolute Gasteiger partial charge is 0.337 e. The first-order chi connectivity index (χ1) is 13.2. The van der Waals surface area contributed by atoms with Gasteiger partial charge < -0.3 is 15.0 Å². The summed E-state index contributed by atoms with van der Waals surface area (Å²) in [5.41, 5.74) is 8.02. The first kappa shape index (κ1) is 19.0. The lowest BCUT2D eigenvalue weighted by Gasteiger charge is -2.04. The van der Waals surface area contributed by atoms with Gasteiger partial charge in [-0.05, 0) is 61.0 Å². The number of allylic oxidation sites excluding steroid dienone is 1. The van der Waals surface area contributed by atoms with Crippen LogP contribution >= 0.6 is 11.3 Å². The quantitative estimate of drug-likeness (QED) is 0.462. The topological polar surface area (TPSA) is 91.2 Å². The van der Waals surface area contributed by atoms with Gasteiger partial charge in [-0.3, -0.25) is 0 Å². The van der Waals surface area contributed by atoms with Crippen molar-refractivity contribution in [1.29, 1.82) is 0 Å². The van der Waals surface area contributed by atoms with Crippen LogP contribution in [-0.2, 0) is 4.74 Å². The minimum absolute atomic E-state index is 0.355. The number of rotatable bonds is 8. The Labute approximate surface area is 161 Å². The zero-order chi connectivity index (χ0) is 19.1. The largest absolute Gasteiger partial charge is 0.465 e. The molecular formula is C20H21N3O3S. The molecule has 2 heterocycles. The third-order valence-corrected chi connectivity index (χ3v) is 4.88. The van der Waals surface area contributed by atoms with Crippen LogP contribution in [0.4, 0.5) is 0 Å². The van der Waals surface area contributed by atoms with E-state index >= 15 is 0 Å². The van der Waals surface area contributed by atoms with Crippen molar-refractivity contribution in [3.63, 3.8) is 0 Å². The molecule has 7 heteroatoms. The average molecular weight is 383 g/mol. The molecule has 0 unspecified atom stereocenters. The molecule has 0 fully saturated rings. The maximum absolute atomic E-state index is 11.6. The maximum atomic E-state index is 11.6. The Morgan fingerprint density at radius 3 is 2.74 bits per heavy atom. The molecule has 0 saturated heterocycles. The predicted octanol–water partition coefficient (Wildman–Crippen LogP) is 4.25. The molecule has 0 aliphatic rings. The molecule has 3 rings (SSSR count). The molecular weight excluding hydrogens is 362 g/mol. The van der Waals surface area contributed by atoms with Crippen LogP contribution in [0.3, 0.4) is 0 Å². The second kappa shape index (κ2) is 9.25. The minimum Gasteiger partial charge on any atom is -0.465 e. The average Bonchev–Trinajstić information content (AvgIpc) is 3.39. The Balaban J connectivity index is 1.86. The number of carbonyl (C=O) groups is 1. The van der Waals surface area contributed by atoms with E-state index in [1.54, 1.807) is 23.5 Å². The zero-order valence-electron chi connectivity index (χ0n) is 15.1. The fourth-order valence-corrected chi connectivity index (χ4v) is 3.24. The summed E-state index contributed by atoms with van der Waals surface area (Å²) in [5, 5.41) is 6.07. The molecule has 2 N–H and O–H groups in total. The Morgan fingerprint density at radius 1 is 1.26 bits per heavy atom. The maximum Gasteiger partial charge on any atom is 0.337 e. The molecule has 0 aliphatic carbocycles. The van der Waals surface area contributed by atoms with Crippen molar-refractivity contribution < 1.29 is 14.1 Å². The number of nitrogens with zero attached hydrogens (tertiary/aromatic N) is 2. The summed E-state index contributed by atoms with van der Waals surface area (Å²) in [6.45, 7) is 0.644. The highest BCUT2D eigenvalue weighted by Crippen LogP contribution is 2.27. The third-order valence-electron chi connectivity index (χ3n) is 4.02. The van der Waals surface area contributed by atoms with Gasteiger partial charge in [-0.25, -0.2) is 4.79 Å². The molecule has 2 aromatic heterocycles. The summed E-state index contributed by atoms with van der Waals surface area (Å²) in [7, 11) is 1.37. The number of ether oxygens (including phenoxy) is 1. The van der Waals surface area contributed by atoms with Crippen LogP contribution in [0.1, 0.15) is 41.1 Å². The highest BCUT2D eigenvalue weighted by molar-refractivity contribution is 7.13. The molecule has 0 bridgehead atoms. The van der Waals surface area contributed by atoms with Crippen molar-refractivity contribution in [3.8, 4) is 10.7 Å². The number of carbonyl (C=O) groups excluding carboxylic acids is 1. The van der Waals surface area contributed by atoms with Crippen LogP contribution in [0.2, 0.25) is 0 Å². The molecule has 0 amide bonds. The van der Waals surface area contributed by atoms with Gasteiger partial charge in [0, 0.05) is 5.57 Å².